The summed E-state index contributed by atoms with van der Waals surface area (Å²) in [5.41, 5.74) is 2.02. The molecule has 2 aromatic rings. The smallest absolute Gasteiger partial charge is 0.412 e. The molecule has 0 bridgehead atoms. The largest absolute Gasteiger partial charge is 0.464 e. The van der Waals surface area contributed by atoms with Crippen molar-refractivity contribution in [3.8, 4) is 5.75 Å². The number of nitrogens with zero attached hydrogens (tertiary/aromatic N) is 1. The van der Waals surface area contributed by atoms with Gasteiger partial charge in [0.1, 0.15) is 12.4 Å². The van der Waals surface area contributed by atoms with Crippen molar-refractivity contribution >= 4 is 23.0 Å². The van der Waals surface area contributed by atoms with Crippen molar-refractivity contribution in [1.29, 1.82) is 0 Å². The number of carbonyl (C=O) groups is 2. The van der Waals surface area contributed by atoms with Gasteiger partial charge in [-0.2, -0.15) is 0 Å². The van der Waals surface area contributed by atoms with Crippen molar-refractivity contribution in [2.24, 2.45) is 0 Å². The number of H-pyrrole nitrogens is 1. The van der Waals surface area contributed by atoms with Crippen LogP contribution in [0.15, 0.2) is 24.4 Å². The van der Waals surface area contributed by atoms with Crippen LogP contribution < -0.4 is 10.1 Å². The van der Waals surface area contributed by atoms with Crippen LogP contribution in [0.3, 0.4) is 0 Å². The Kier molecular flexibility index (Phi) is 6.20. The van der Waals surface area contributed by atoms with Gasteiger partial charge in [-0.1, -0.05) is 6.07 Å². The molecule has 0 atom stereocenters. The first-order chi connectivity index (χ1) is 11.5. The Morgan fingerprint density at radius 3 is 2.79 bits per heavy atom. The zero-order valence-corrected chi connectivity index (χ0v) is 14.2. The Morgan fingerprint density at radius 2 is 2.08 bits per heavy atom. The van der Waals surface area contributed by atoms with Crippen LogP contribution >= 0.6 is 0 Å². The molecule has 0 unspecified atom stereocenters. The van der Waals surface area contributed by atoms with Crippen LogP contribution in [0.1, 0.15) is 12.5 Å². The van der Waals surface area contributed by atoms with Crippen LogP contribution in [0.25, 0.3) is 10.9 Å². The molecule has 7 nitrogen and oxygen atoms in total. The third-order valence-electron chi connectivity index (χ3n) is 3.46. The van der Waals surface area contributed by atoms with Gasteiger partial charge in [0.25, 0.3) is 0 Å². The van der Waals surface area contributed by atoms with Crippen molar-refractivity contribution in [2.45, 2.75) is 13.3 Å². The van der Waals surface area contributed by atoms with Gasteiger partial charge in [0.2, 0.25) is 0 Å². The predicted molar refractivity (Wildman–Crippen MR) is 91.2 cm³/mol. The lowest BCUT2D eigenvalue weighted by Crippen LogP contribution is -2.30. The topological polar surface area (TPSA) is 83.7 Å². The molecular formula is C17H23N3O4. The number of aromatic nitrogens is 1. The minimum Gasteiger partial charge on any atom is -0.464 e. The van der Waals surface area contributed by atoms with E-state index in [9.17, 15) is 9.59 Å². The van der Waals surface area contributed by atoms with Gasteiger partial charge in [-0.05, 0) is 38.2 Å². The van der Waals surface area contributed by atoms with E-state index in [1.807, 2.05) is 32.4 Å². The summed E-state index contributed by atoms with van der Waals surface area (Å²) >= 11 is 0. The molecule has 2 N–H and O–H groups in total. The number of fused-ring (bicyclic) bond motifs is 1. The highest BCUT2D eigenvalue weighted by Gasteiger charge is 2.13. The lowest BCUT2D eigenvalue weighted by atomic mass is 10.1. The van der Waals surface area contributed by atoms with Crippen molar-refractivity contribution in [1.82, 2.24) is 15.2 Å². The summed E-state index contributed by atoms with van der Waals surface area (Å²) in [7, 11) is 4.03. The average Bonchev–Trinajstić information content (AvgIpc) is 2.93. The lowest BCUT2D eigenvalue weighted by Gasteiger charge is -2.11. The van der Waals surface area contributed by atoms with Gasteiger partial charge in [-0.15, -0.1) is 0 Å². The van der Waals surface area contributed by atoms with Crippen molar-refractivity contribution in [3.05, 3.63) is 30.0 Å². The molecule has 0 aliphatic carbocycles. The van der Waals surface area contributed by atoms with Crippen LogP contribution in [0.5, 0.6) is 5.75 Å². The normalized spacial score (nSPS) is 10.8. The van der Waals surface area contributed by atoms with E-state index in [0.29, 0.717) is 5.75 Å². The highest BCUT2D eigenvalue weighted by Crippen LogP contribution is 2.29. The van der Waals surface area contributed by atoms with E-state index in [-0.39, 0.29) is 19.1 Å². The monoisotopic (exact) mass is 333 g/mol. The fraction of sp³-hybridized carbons (Fsp3) is 0.412. The average molecular weight is 333 g/mol. The van der Waals surface area contributed by atoms with E-state index < -0.39 is 6.09 Å². The Labute approximate surface area is 140 Å². The second kappa shape index (κ2) is 8.35. The van der Waals surface area contributed by atoms with E-state index in [1.165, 1.54) is 6.92 Å². The molecule has 24 heavy (non-hydrogen) atoms. The number of esters is 1. The first-order valence-corrected chi connectivity index (χ1v) is 7.80. The maximum atomic E-state index is 11.9. The van der Waals surface area contributed by atoms with Crippen molar-refractivity contribution in [3.63, 3.8) is 0 Å². The van der Waals surface area contributed by atoms with Gasteiger partial charge in [0.05, 0.1) is 6.54 Å². The van der Waals surface area contributed by atoms with Gasteiger partial charge in [-0.25, -0.2) is 4.79 Å². The van der Waals surface area contributed by atoms with E-state index in [1.54, 1.807) is 6.07 Å². The molecule has 0 aliphatic rings. The molecule has 1 aromatic carbocycles. The highest BCUT2D eigenvalue weighted by molar-refractivity contribution is 5.91. The zero-order valence-electron chi connectivity index (χ0n) is 14.2. The quantitative estimate of drug-likeness (QED) is 0.597. The van der Waals surface area contributed by atoms with Crippen molar-refractivity contribution in [2.75, 3.05) is 33.8 Å². The predicted octanol–water partition coefficient (Wildman–Crippen LogP) is 1.92. The Hall–Kier alpha value is -2.54. The molecule has 0 aliphatic heterocycles. The third-order valence-corrected chi connectivity index (χ3v) is 3.46. The van der Waals surface area contributed by atoms with Crippen LogP contribution in [0, 0.1) is 0 Å². The SMILES string of the molecule is CC(=O)OCCNC(=O)Oc1cccc2[nH]cc(CCN(C)C)c12. The molecular weight excluding hydrogens is 310 g/mol. The molecule has 130 valence electrons. The molecule has 0 fully saturated rings. The Balaban J connectivity index is 2.03. The van der Waals surface area contributed by atoms with Gasteiger partial charge >= 0.3 is 12.1 Å². The first kappa shape index (κ1) is 17.8. The number of ether oxygens (including phenoxy) is 2. The van der Waals surface area contributed by atoms with Crippen LogP contribution in [-0.4, -0.2) is 55.7 Å². The first-order valence-electron chi connectivity index (χ1n) is 7.80. The molecule has 2 rings (SSSR count). The van der Waals surface area contributed by atoms with Gasteiger partial charge < -0.3 is 24.7 Å². The number of nitrogens with one attached hydrogen (secondary N) is 2. The number of likely N-dealkylation sites (N-methyl/N-ethyl adjacent to an activating group) is 1. The highest BCUT2D eigenvalue weighted by atomic mass is 16.6. The van der Waals surface area contributed by atoms with Crippen LogP contribution in [0.4, 0.5) is 4.79 Å². The van der Waals surface area contributed by atoms with Crippen LogP contribution in [0.2, 0.25) is 0 Å². The number of benzene rings is 1. The number of amides is 1. The molecule has 1 heterocycles. The number of hydrogen-bond acceptors (Lipinski definition) is 5. The molecule has 7 heteroatoms. The minimum atomic E-state index is -0.575. The summed E-state index contributed by atoms with van der Waals surface area (Å²) in [4.78, 5) is 27.9. The van der Waals surface area contributed by atoms with E-state index in [4.69, 9.17) is 9.47 Å². The van der Waals surface area contributed by atoms with E-state index in [0.717, 1.165) is 29.4 Å². The van der Waals surface area contributed by atoms with E-state index in [2.05, 4.69) is 15.2 Å². The molecule has 1 aromatic heterocycles. The lowest BCUT2D eigenvalue weighted by molar-refractivity contribution is -0.140. The maximum absolute atomic E-state index is 11.9. The minimum absolute atomic E-state index is 0.118. The van der Waals surface area contributed by atoms with Gasteiger partial charge in [0.15, 0.2) is 0 Å². The molecule has 1 amide bonds. The number of aromatic amines is 1. The Morgan fingerprint density at radius 1 is 1.29 bits per heavy atom. The molecule has 0 spiro atoms. The zero-order chi connectivity index (χ0) is 17.5. The second-order valence-electron chi connectivity index (χ2n) is 5.70. The van der Waals surface area contributed by atoms with Crippen molar-refractivity contribution < 1.29 is 19.1 Å². The second-order valence-corrected chi connectivity index (χ2v) is 5.70. The summed E-state index contributed by atoms with van der Waals surface area (Å²) in [5.74, 6) is 0.125. The summed E-state index contributed by atoms with van der Waals surface area (Å²) in [6, 6.07) is 5.54. The molecule has 0 radical (unpaired) electrons. The Bertz CT molecular complexity index is 709. The number of hydrogen-bond donors (Lipinski definition) is 2. The van der Waals surface area contributed by atoms with Crippen LogP contribution in [-0.2, 0) is 16.0 Å². The molecule has 0 saturated heterocycles. The third kappa shape index (κ3) is 4.99. The summed E-state index contributed by atoms with van der Waals surface area (Å²) < 4.78 is 10.2. The number of rotatable bonds is 7. The van der Waals surface area contributed by atoms with Gasteiger partial charge in [0, 0.05) is 30.6 Å². The molecule has 0 saturated carbocycles. The van der Waals surface area contributed by atoms with E-state index >= 15 is 0 Å². The fourth-order valence-corrected chi connectivity index (χ4v) is 2.33. The summed E-state index contributed by atoms with van der Waals surface area (Å²) in [5, 5.41) is 3.47. The maximum Gasteiger partial charge on any atom is 0.412 e. The van der Waals surface area contributed by atoms with Gasteiger partial charge in [-0.3, -0.25) is 4.79 Å². The standard InChI is InChI=1S/C17H23N3O4/c1-12(21)23-10-8-18-17(22)24-15-6-4-5-14-16(15)13(11-19-14)7-9-20(2)3/h4-6,11,19H,7-10H2,1-3H3,(H,18,22). The summed E-state index contributed by atoms with van der Waals surface area (Å²) in [6.07, 6.45) is 2.22. The number of carbonyl (C=O) groups excluding carboxylic acids is 2. The summed E-state index contributed by atoms with van der Waals surface area (Å²) in [6.45, 7) is 2.54. The fourth-order valence-electron chi connectivity index (χ4n) is 2.33.